The maximum absolute atomic E-state index is 13.3. The van der Waals surface area contributed by atoms with Gasteiger partial charge in [-0.1, -0.05) is 72.8 Å². The first-order valence-corrected chi connectivity index (χ1v) is 12.6. The van der Waals surface area contributed by atoms with Gasteiger partial charge < -0.3 is 5.32 Å². The van der Waals surface area contributed by atoms with Crippen LogP contribution in [0.5, 0.6) is 0 Å². The number of nitrogens with one attached hydrogen (secondary N) is 2. The van der Waals surface area contributed by atoms with Gasteiger partial charge in [0.25, 0.3) is 0 Å². The van der Waals surface area contributed by atoms with Crippen LogP contribution in [0.25, 0.3) is 0 Å². The van der Waals surface area contributed by atoms with Crippen LogP contribution in [0.1, 0.15) is 53.5 Å². The van der Waals surface area contributed by atoms with Gasteiger partial charge in [0.1, 0.15) is 0 Å². The van der Waals surface area contributed by atoms with Crippen molar-refractivity contribution in [3.63, 3.8) is 0 Å². The predicted octanol–water partition coefficient (Wildman–Crippen LogP) is 6.20. The second-order valence-electron chi connectivity index (χ2n) is 9.18. The molecule has 5 heteroatoms. The van der Waals surface area contributed by atoms with Crippen LogP contribution in [0.3, 0.4) is 0 Å². The molecule has 0 saturated heterocycles. The summed E-state index contributed by atoms with van der Waals surface area (Å²) in [6.45, 7) is 0.708. The maximum atomic E-state index is 13.3. The van der Waals surface area contributed by atoms with E-state index < -0.39 is 0 Å². The third-order valence-electron chi connectivity index (χ3n) is 6.83. The molecule has 0 bridgehead atoms. The summed E-state index contributed by atoms with van der Waals surface area (Å²) in [7, 11) is 0. The molecule has 36 heavy (non-hydrogen) atoms. The fourth-order valence-electron chi connectivity index (χ4n) is 5.04. The number of rotatable bonds is 8. The average Bonchev–Trinajstić information content (AvgIpc) is 2.95. The Morgan fingerprint density at radius 2 is 1.75 bits per heavy atom. The number of anilines is 1. The van der Waals surface area contributed by atoms with Crippen LogP contribution in [0, 0.1) is 6.07 Å². The van der Waals surface area contributed by atoms with Gasteiger partial charge in [-0.05, 0) is 78.1 Å². The molecule has 4 aromatic rings. The maximum Gasteiger partial charge on any atom is 0.334 e. The van der Waals surface area contributed by atoms with Crippen LogP contribution >= 0.6 is 0 Å². The molecule has 0 fully saturated rings. The Morgan fingerprint density at radius 1 is 0.972 bits per heavy atom. The molecule has 0 aliphatic heterocycles. The summed E-state index contributed by atoms with van der Waals surface area (Å²) in [4.78, 5) is 17.6. The summed E-state index contributed by atoms with van der Waals surface area (Å²) in [6, 6.07) is 33.1. The highest BCUT2D eigenvalue weighted by Gasteiger charge is 2.22. The van der Waals surface area contributed by atoms with E-state index in [0.29, 0.717) is 12.5 Å². The van der Waals surface area contributed by atoms with Gasteiger partial charge in [-0.3, -0.25) is 9.99 Å². The first kappa shape index (κ1) is 23.6. The number of amides is 2. The number of nitrogens with zero attached hydrogens (tertiary/aromatic N) is 2. The van der Waals surface area contributed by atoms with E-state index in [1.165, 1.54) is 17.5 Å². The van der Waals surface area contributed by atoms with Gasteiger partial charge in [0.15, 0.2) is 0 Å². The molecular weight excluding hydrogens is 444 g/mol. The van der Waals surface area contributed by atoms with Gasteiger partial charge in [0.05, 0.1) is 11.7 Å². The zero-order chi connectivity index (χ0) is 24.6. The Bertz CT molecular complexity index is 1210. The molecule has 181 valence electrons. The number of fused-ring (bicyclic) bond motifs is 1. The molecule has 0 saturated carbocycles. The van der Waals surface area contributed by atoms with Gasteiger partial charge in [0.2, 0.25) is 0 Å². The number of aryl methyl sites for hydroxylation is 1. The zero-order valence-electron chi connectivity index (χ0n) is 20.3. The standard InChI is InChI=1S/C31H31N4O/c36-31(33-30(26-12-3-1-4-13-26)27-16-10-21-32-23-27)34-35(28-17-5-2-6-18-28)22-20-25-15-9-14-24-11-7-8-19-29(24)25/h1-8,10,12-13,16-19,21,23,25,30H,9,14-15,20,22H2,(H2,33,34,36). The van der Waals surface area contributed by atoms with Crippen LogP contribution in [0.15, 0.2) is 103 Å². The molecule has 3 aromatic carbocycles. The van der Waals surface area contributed by atoms with Gasteiger partial charge in [-0.15, -0.1) is 0 Å². The predicted molar refractivity (Wildman–Crippen MR) is 144 cm³/mol. The number of aromatic nitrogens is 1. The number of carbonyl (C=O) groups is 1. The van der Waals surface area contributed by atoms with Gasteiger partial charge in [0, 0.05) is 18.9 Å². The lowest BCUT2D eigenvalue weighted by atomic mass is 9.81. The quantitative estimate of drug-likeness (QED) is 0.298. The molecule has 0 spiro atoms. The van der Waals surface area contributed by atoms with E-state index in [0.717, 1.165) is 36.1 Å². The van der Waals surface area contributed by atoms with Crippen LogP contribution in [0.4, 0.5) is 10.5 Å². The summed E-state index contributed by atoms with van der Waals surface area (Å²) in [5.41, 5.74) is 8.76. The van der Waals surface area contributed by atoms with E-state index >= 15 is 0 Å². The topological polar surface area (TPSA) is 57.3 Å². The van der Waals surface area contributed by atoms with Crippen molar-refractivity contribution in [2.45, 2.75) is 37.6 Å². The Labute approximate surface area is 213 Å². The first-order valence-electron chi connectivity index (χ1n) is 12.6. The second kappa shape index (κ2) is 11.5. The summed E-state index contributed by atoms with van der Waals surface area (Å²) < 4.78 is 0. The average molecular weight is 476 g/mol. The van der Waals surface area contributed by atoms with Crippen LogP contribution in [0.2, 0.25) is 0 Å². The number of para-hydroxylation sites is 1. The Morgan fingerprint density at radius 3 is 2.53 bits per heavy atom. The lowest BCUT2D eigenvalue weighted by Crippen LogP contribution is -2.49. The third kappa shape index (κ3) is 5.74. The molecule has 2 N–H and O–H groups in total. The van der Waals surface area contributed by atoms with E-state index in [1.807, 2.05) is 83.9 Å². The monoisotopic (exact) mass is 475 g/mol. The number of urea groups is 1. The van der Waals surface area contributed by atoms with Crippen LogP contribution < -0.4 is 15.8 Å². The number of hydrogen-bond donors (Lipinski definition) is 2. The molecule has 2 atom stereocenters. The van der Waals surface area contributed by atoms with Crippen molar-refractivity contribution in [3.05, 3.63) is 132 Å². The summed E-state index contributed by atoms with van der Waals surface area (Å²) in [6.07, 6.45) is 7.93. The fraction of sp³-hybridized carbons (Fsp3) is 0.226. The molecule has 5 rings (SSSR count). The Hall–Kier alpha value is -4.12. The molecule has 5 nitrogen and oxygen atoms in total. The summed E-state index contributed by atoms with van der Waals surface area (Å²) in [5.74, 6) is 0.467. The molecule has 2 unspecified atom stereocenters. The van der Waals surface area contributed by atoms with E-state index in [4.69, 9.17) is 0 Å². The lowest BCUT2D eigenvalue weighted by Gasteiger charge is -2.31. The molecule has 1 aromatic heterocycles. The smallest absolute Gasteiger partial charge is 0.326 e. The van der Waals surface area contributed by atoms with Gasteiger partial charge in [-0.25, -0.2) is 10.2 Å². The molecule has 1 aliphatic rings. The molecule has 1 aliphatic carbocycles. The van der Waals surface area contributed by atoms with Gasteiger partial charge in [-0.2, -0.15) is 0 Å². The van der Waals surface area contributed by atoms with E-state index in [9.17, 15) is 4.79 Å². The summed E-state index contributed by atoms with van der Waals surface area (Å²) >= 11 is 0. The second-order valence-corrected chi connectivity index (χ2v) is 9.18. The fourth-order valence-corrected chi connectivity index (χ4v) is 5.04. The van der Waals surface area contributed by atoms with Crippen molar-refractivity contribution >= 4 is 11.7 Å². The number of carbonyl (C=O) groups excluding carboxylic acids is 1. The SMILES string of the molecule is O=C(NC(c1ccccc1)c1cccnc1)NN(CCC1CCCc2[c]cccc21)c1ccccc1. The number of benzene rings is 3. The van der Waals surface area contributed by atoms with Crippen LogP contribution in [-0.2, 0) is 6.42 Å². The van der Waals surface area contributed by atoms with Crippen molar-refractivity contribution < 1.29 is 4.79 Å². The highest BCUT2D eigenvalue weighted by Crippen LogP contribution is 2.34. The first-order chi connectivity index (χ1) is 17.8. The van der Waals surface area contributed by atoms with Crippen molar-refractivity contribution in [1.29, 1.82) is 0 Å². The van der Waals surface area contributed by atoms with Crippen molar-refractivity contribution in [2.75, 3.05) is 11.6 Å². The largest absolute Gasteiger partial charge is 0.334 e. The van der Waals surface area contributed by atoms with Crippen molar-refractivity contribution in [3.8, 4) is 0 Å². The normalized spacial score (nSPS) is 15.4. The highest BCUT2D eigenvalue weighted by molar-refractivity contribution is 5.77. The minimum atomic E-state index is -0.307. The minimum Gasteiger partial charge on any atom is -0.326 e. The van der Waals surface area contributed by atoms with E-state index in [-0.39, 0.29) is 12.1 Å². The molecule has 2 amide bonds. The third-order valence-corrected chi connectivity index (χ3v) is 6.83. The number of hydrazine groups is 1. The van der Waals surface area contributed by atoms with Gasteiger partial charge >= 0.3 is 6.03 Å². The summed E-state index contributed by atoms with van der Waals surface area (Å²) in [5, 5.41) is 5.13. The van der Waals surface area contributed by atoms with E-state index in [1.54, 1.807) is 12.4 Å². The Balaban J connectivity index is 1.32. The molecule has 1 heterocycles. The molecule has 1 radical (unpaired) electrons. The van der Waals surface area contributed by atoms with E-state index in [2.05, 4.69) is 33.9 Å². The highest BCUT2D eigenvalue weighted by atomic mass is 16.2. The lowest BCUT2D eigenvalue weighted by molar-refractivity contribution is 0.237. The zero-order valence-corrected chi connectivity index (χ0v) is 20.3. The number of pyridine rings is 1. The Kier molecular flexibility index (Phi) is 7.57. The van der Waals surface area contributed by atoms with Crippen molar-refractivity contribution in [1.82, 2.24) is 15.7 Å². The number of hydrogen-bond acceptors (Lipinski definition) is 3. The molecular formula is C31H31N4O. The minimum absolute atomic E-state index is 0.256. The van der Waals surface area contributed by atoms with Crippen molar-refractivity contribution in [2.24, 2.45) is 0 Å². The van der Waals surface area contributed by atoms with Crippen LogP contribution in [-0.4, -0.2) is 17.6 Å².